The number of carbonyl (C=O) groups excluding carboxylic acids is 1. The molecule has 0 aliphatic heterocycles. The molecule has 0 spiro atoms. The monoisotopic (exact) mass is 202 g/mol. The molecule has 1 atom stereocenters. The topological polar surface area (TPSA) is 26.3 Å². The highest BCUT2D eigenvalue weighted by Crippen LogP contribution is 2.24. The lowest BCUT2D eigenvalue weighted by atomic mass is 10.3. The van der Waals surface area contributed by atoms with Gasteiger partial charge in [0.2, 0.25) is 0 Å². The summed E-state index contributed by atoms with van der Waals surface area (Å²) in [7, 11) is 0. The Labute approximate surface area is 84.7 Å². The number of esters is 1. The molecule has 1 unspecified atom stereocenters. The Morgan fingerprint density at radius 3 is 2.54 bits per heavy atom. The smallest absolute Gasteiger partial charge is 0.330 e. The zero-order chi connectivity index (χ0) is 10.5. The second kappa shape index (κ2) is 5.32. The molecule has 3 heteroatoms. The first-order valence-corrected chi connectivity index (χ1v) is 5.30. The highest BCUT2D eigenvalue weighted by Gasteiger charge is 2.14. The Bertz CT molecular complexity index is 182. The lowest BCUT2D eigenvalue weighted by Crippen LogP contribution is -2.19. The Kier molecular flexibility index (Phi) is 5.14. The lowest BCUT2D eigenvalue weighted by molar-refractivity contribution is -0.141. The molecule has 76 valence electrons. The van der Waals surface area contributed by atoms with Crippen molar-refractivity contribution in [3.8, 4) is 0 Å². The molecule has 0 saturated heterocycles. The largest absolute Gasteiger partial charge is 0.459 e. The van der Waals surface area contributed by atoms with E-state index < -0.39 is 0 Å². The van der Waals surface area contributed by atoms with Crippen molar-refractivity contribution in [2.45, 2.75) is 38.5 Å². The zero-order valence-electron chi connectivity index (χ0n) is 8.79. The summed E-state index contributed by atoms with van der Waals surface area (Å²) in [6, 6.07) is 0. The van der Waals surface area contributed by atoms with Gasteiger partial charge in [0.05, 0.1) is 0 Å². The third-order valence-corrected chi connectivity index (χ3v) is 2.74. The van der Waals surface area contributed by atoms with Crippen LogP contribution in [0.4, 0.5) is 0 Å². The van der Waals surface area contributed by atoms with Crippen molar-refractivity contribution in [1.82, 2.24) is 0 Å². The maximum absolute atomic E-state index is 10.8. The second-order valence-corrected chi connectivity index (χ2v) is 5.72. The van der Waals surface area contributed by atoms with E-state index in [1.165, 1.54) is 6.08 Å². The van der Waals surface area contributed by atoms with Crippen LogP contribution < -0.4 is 0 Å². The zero-order valence-corrected chi connectivity index (χ0v) is 9.61. The van der Waals surface area contributed by atoms with Gasteiger partial charge in [0.25, 0.3) is 0 Å². The number of rotatable bonds is 4. The molecule has 0 amide bonds. The van der Waals surface area contributed by atoms with Crippen molar-refractivity contribution < 1.29 is 9.53 Å². The second-order valence-electron chi connectivity index (χ2n) is 3.88. The van der Waals surface area contributed by atoms with Crippen LogP contribution in [0.1, 0.15) is 27.7 Å². The Hall–Kier alpha value is -0.440. The fourth-order valence-electron chi connectivity index (χ4n) is 0.648. The van der Waals surface area contributed by atoms with Crippen molar-refractivity contribution in [3.63, 3.8) is 0 Å². The average Bonchev–Trinajstić information content (AvgIpc) is 1.99. The van der Waals surface area contributed by atoms with E-state index in [4.69, 9.17) is 4.74 Å². The van der Waals surface area contributed by atoms with E-state index in [2.05, 4.69) is 27.4 Å². The van der Waals surface area contributed by atoms with Crippen molar-refractivity contribution in [2.24, 2.45) is 0 Å². The third kappa shape index (κ3) is 7.91. The van der Waals surface area contributed by atoms with E-state index >= 15 is 0 Å². The number of thioether (sulfide) groups is 1. The molecule has 0 aliphatic rings. The molecule has 2 nitrogen and oxygen atoms in total. The predicted molar refractivity (Wildman–Crippen MR) is 58.0 cm³/mol. The van der Waals surface area contributed by atoms with Crippen LogP contribution in [-0.2, 0) is 9.53 Å². The summed E-state index contributed by atoms with van der Waals surface area (Å²) in [4.78, 5) is 10.8. The van der Waals surface area contributed by atoms with Crippen LogP contribution in [0.3, 0.4) is 0 Å². The molecule has 0 aromatic carbocycles. The van der Waals surface area contributed by atoms with Gasteiger partial charge in [-0.1, -0.05) is 27.4 Å². The summed E-state index contributed by atoms with van der Waals surface area (Å²) in [5.41, 5.74) is 0. The molecule has 0 heterocycles. The molecular formula is C10H18O2S. The van der Waals surface area contributed by atoms with Gasteiger partial charge in [-0.25, -0.2) is 4.79 Å². The number of hydrogen-bond acceptors (Lipinski definition) is 3. The van der Waals surface area contributed by atoms with Crippen molar-refractivity contribution in [3.05, 3.63) is 12.7 Å². The highest BCUT2D eigenvalue weighted by atomic mass is 32.2. The SMILES string of the molecule is C=CC(=O)OC(C)CSC(C)(C)C. The van der Waals surface area contributed by atoms with Gasteiger partial charge in [-0.15, -0.1) is 0 Å². The molecule has 0 aromatic heterocycles. The minimum atomic E-state index is -0.345. The van der Waals surface area contributed by atoms with Crippen molar-refractivity contribution in [1.29, 1.82) is 0 Å². The van der Waals surface area contributed by atoms with Gasteiger partial charge in [0.15, 0.2) is 0 Å². The van der Waals surface area contributed by atoms with E-state index in [-0.39, 0.29) is 16.8 Å². The fraction of sp³-hybridized carbons (Fsp3) is 0.700. The van der Waals surface area contributed by atoms with E-state index in [1.54, 1.807) is 11.8 Å². The number of carbonyl (C=O) groups is 1. The van der Waals surface area contributed by atoms with Gasteiger partial charge in [-0.05, 0) is 6.92 Å². The number of ether oxygens (including phenoxy) is 1. The van der Waals surface area contributed by atoms with Gasteiger partial charge < -0.3 is 4.74 Å². The fourth-order valence-corrected chi connectivity index (χ4v) is 1.45. The molecule has 0 aromatic rings. The summed E-state index contributed by atoms with van der Waals surface area (Å²) in [6.45, 7) is 11.6. The first-order valence-electron chi connectivity index (χ1n) is 4.32. The van der Waals surface area contributed by atoms with E-state index in [0.717, 1.165) is 5.75 Å². The summed E-state index contributed by atoms with van der Waals surface area (Å²) in [5, 5.41) is 0. The average molecular weight is 202 g/mol. The van der Waals surface area contributed by atoms with Gasteiger partial charge in [0.1, 0.15) is 6.10 Å². The maximum atomic E-state index is 10.8. The highest BCUT2D eigenvalue weighted by molar-refractivity contribution is 8.00. The van der Waals surface area contributed by atoms with Gasteiger partial charge in [0, 0.05) is 16.6 Å². The van der Waals surface area contributed by atoms with Crippen molar-refractivity contribution in [2.75, 3.05) is 5.75 Å². The van der Waals surface area contributed by atoms with Crippen LogP contribution in [0, 0.1) is 0 Å². The molecular weight excluding hydrogens is 184 g/mol. The van der Waals surface area contributed by atoms with Gasteiger partial charge >= 0.3 is 5.97 Å². The minimum absolute atomic E-state index is 0.0466. The van der Waals surface area contributed by atoms with E-state index in [1.807, 2.05) is 6.92 Å². The molecule has 0 saturated carbocycles. The summed E-state index contributed by atoms with van der Waals surface area (Å²) < 4.78 is 5.23. The Morgan fingerprint density at radius 2 is 2.15 bits per heavy atom. The Morgan fingerprint density at radius 1 is 1.62 bits per heavy atom. The van der Waals surface area contributed by atoms with E-state index in [9.17, 15) is 4.79 Å². The van der Waals surface area contributed by atoms with Crippen LogP contribution in [-0.4, -0.2) is 22.6 Å². The van der Waals surface area contributed by atoms with Crippen LogP contribution in [0.2, 0.25) is 0 Å². The third-order valence-electron chi connectivity index (χ3n) is 1.24. The summed E-state index contributed by atoms with van der Waals surface area (Å²) in [6.07, 6.45) is 1.15. The standard InChI is InChI=1S/C10H18O2S/c1-6-9(11)12-8(2)7-13-10(3,4)5/h6,8H,1,7H2,2-5H3. The van der Waals surface area contributed by atoms with Crippen LogP contribution in [0.25, 0.3) is 0 Å². The molecule has 0 N–H and O–H groups in total. The Balaban J connectivity index is 3.69. The normalized spacial score (nSPS) is 13.5. The van der Waals surface area contributed by atoms with E-state index in [0.29, 0.717) is 0 Å². The molecule has 0 rings (SSSR count). The predicted octanol–water partition coefficient (Wildman–Crippen LogP) is 2.64. The molecule has 0 fully saturated rings. The maximum Gasteiger partial charge on any atom is 0.330 e. The first-order chi connectivity index (χ1) is 5.85. The molecule has 13 heavy (non-hydrogen) atoms. The first kappa shape index (κ1) is 12.6. The quantitative estimate of drug-likeness (QED) is 0.518. The summed E-state index contributed by atoms with van der Waals surface area (Å²) in [5.74, 6) is 0.477. The van der Waals surface area contributed by atoms with Crippen LogP contribution in [0.15, 0.2) is 12.7 Å². The van der Waals surface area contributed by atoms with Crippen LogP contribution >= 0.6 is 11.8 Å². The minimum Gasteiger partial charge on any atom is -0.459 e. The lowest BCUT2D eigenvalue weighted by Gasteiger charge is -2.20. The van der Waals surface area contributed by atoms with Gasteiger partial charge in [-0.3, -0.25) is 0 Å². The van der Waals surface area contributed by atoms with Crippen LogP contribution in [0.5, 0.6) is 0 Å². The molecule has 0 radical (unpaired) electrons. The van der Waals surface area contributed by atoms with Gasteiger partial charge in [-0.2, -0.15) is 11.8 Å². The van der Waals surface area contributed by atoms with Crippen molar-refractivity contribution >= 4 is 17.7 Å². The molecule has 0 bridgehead atoms. The number of hydrogen-bond donors (Lipinski definition) is 0. The molecule has 0 aliphatic carbocycles. The summed E-state index contributed by atoms with van der Waals surface area (Å²) >= 11 is 1.78.